The summed E-state index contributed by atoms with van der Waals surface area (Å²) in [5.41, 5.74) is 1.17. The van der Waals surface area contributed by atoms with Gasteiger partial charge in [-0.15, -0.1) is 11.3 Å². The molecule has 0 unspecified atom stereocenters. The van der Waals surface area contributed by atoms with Gasteiger partial charge in [0.15, 0.2) is 17.4 Å². The van der Waals surface area contributed by atoms with Gasteiger partial charge in [-0.2, -0.15) is 0 Å². The molecule has 10 heteroatoms. The molecular weight excluding hydrogens is 348 g/mol. The van der Waals surface area contributed by atoms with E-state index < -0.39 is 18.5 Å². The van der Waals surface area contributed by atoms with Crippen LogP contribution in [-0.4, -0.2) is 46.0 Å². The lowest BCUT2D eigenvalue weighted by molar-refractivity contribution is -0.142. The van der Waals surface area contributed by atoms with Crippen LogP contribution in [0.4, 0.5) is 5.13 Å². The molecule has 0 aromatic carbocycles. The van der Waals surface area contributed by atoms with E-state index in [1.54, 1.807) is 19.2 Å². The highest BCUT2D eigenvalue weighted by Gasteiger charge is 2.14. The molecule has 25 heavy (non-hydrogen) atoms. The summed E-state index contributed by atoms with van der Waals surface area (Å²) in [6.07, 6.45) is 2.73. The highest BCUT2D eigenvalue weighted by Crippen LogP contribution is 2.16. The first-order valence-electron chi connectivity index (χ1n) is 7.33. The fourth-order valence-electron chi connectivity index (χ4n) is 1.66. The van der Waals surface area contributed by atoms with Crippen LogP contribution in [0, 0.1) is 6.92 Å². The van der Waals surface area contributed by atoms with E-state index in [-0.39, 0.29) is 18.1 Å². The number of aryl methyl sites for hydroxylation is 1. The molecule has 132 valence electrons. The number of carbonyl (C=O) groups excluding carboxylic acids is 3. The van der Waals surface area contributed by atoms with Gasteiger partial charge in [0.1, 0.15) is 0 Å². The largest absolute Gasteiger partial charge is 0.466 e. The molecule has 0 saturated carbocycles. The van der Waals surface area contributed by atoms with E-state index in [9.17, 15) is 14.4 Å². The van der Waals surface area contributed by atoms with Gasteiger partial charge in [0, 0.05) is 11.6 Å². The molecular formula is C15H16N4O5S. The molecule has 0 atom stereocenters. The molecule has 0 fully saturated rings. The number of esters is 2. The summed E-state index contributed by atoms with van der Waals surface area (Å²) in [5, 5.41) is 4.43. The third-order valence-corrected chi connectivity index (χ3v) is 3.56. The van der Waals surface area contributed by atoms with Crippen LogP contribution in [0.3, 0.4) is 0 Å². The number of thiazole rings is 1. The van der Waals surface area contributed by atoms with Crippen molar-refractivity contribution in [3.05, 3.63) is 34.9 Å². The Hall–Kier alpha value is -2.88. The molecule has 1 N–H and O–H groups in total. The number of carbonyl (C=O) groups is 3. The van der Waals surface area contributed by atoms with Crippen molar-refractivity contribution in [3.8, 4) is 0 Å². The lowest BCUT2D eigenvalue weighted by atomic mass is 10.3. The molecule has 2 heterocycles. The number of rotatable bonds is 7. The molecule has 0 aliphatic heterocycles. The van der Waals surface area contributed by atoms with Crippen molar-refractivity contribution in [2.75, 3.05) is 18.5 Å². The van der Waals surface area contributed by atoms with Gasteiger partial charge in [-0.1, -0.05) is 0 Å². The molecule has 0 spiro atoms. The maximum Gasteiger partial charge on any atom is 0.359 e. The summed E-state index contributed by atoms with van der Waals surface area (Å²) in [6.45, 7) is 3.26. The van der Waals surface area contributed by atoms with Crippen LogP contribution >= 0.6 is 11.3 Å². The van der Waals surface area contributed by atoms with Crippen molar-refractivity contribution < 1.29 is 23.9 Å². The second-order valence-corrected chi connectivity index (χ2v) is 5.65. The highest BCUT2D eigenvalue weighted by atomic mass is 32.1. The average Bonchev–Trinajstić information content (AvgIpc) is 3.00. The quantitative estimate of drug-likeness (QED) is 0.726. The summed E-state index contributed by atoms with van der Waals surface area (Å²) in [7, 11) is 0. The topological polar surface area (TPSA) is 120 Å². The summed E-state index contributed by atoms with van der Waals surface area (Å²) in [6, 6.07) is 0. The van der Waals surface area contributed by atoms with E-state index in [1.807, 2.05) is 0 Å². The van der Waals surface area contributed by atoms with Crippen molar-refractivity contribution >= 4 is 34.3 Å². The van der Waals surface area contributed by atoms with E-state index in [1.165, 1.54) is 12.4 Å². The molecule has 2 rings (SSSR count). The fourth-order valence-corrected chi connectivity index (χ4v) is 2.39. The van der Waals surface area contributed by atoms with E-state index in [4.69, 9.17) is 9.47 Å². The van der Waals surface area contributed by atoms with Crippen LogP contribution in [0.25, 0.3) is 0 Å². The minimum absolute atomic E-state index is 0.0179. The Balaban J connectivity index is 1.80. The molecule has 1 amide bonds. The van der Waals surface area contributed by atoms with Gasteiger partial charge in [0.25, 0.3) is 5.91 Å². The highest BCUT2D eigenvalue weighted by molar-refractivity contribution is 7.13. The maximum atomic E-state index is 11.8. The summed E-state index contributed by atoms with van der Waals surface area (Å²) >= 11 is 1.16. The number of nitrogens with zero attached hydrogens (tertiary/aromatic N) is 3. The Kier molecular flexibility index (Phi) is 6.52. The van der Waals surface area contributed by atoms with E-state index in [0.717, 1.165) is 11.3 Å². The average molecular weight is 364 g/mol. The van der Waals surface area contributed by atoms with Crippen LogP contribution in [0.15, 0.2) is 17.8 Å². The predicted molar refractivity (Wildman–Crippen MR) is 88.1 cm³/mol. The Morgan fingerprint density at radius 2 is 2.00 bits per heavy atom. The third-order valence-electron chi connectivity index (χ3n) is 2.75. The second kappa shape index (κ2) is 8.83. The van der Waals surface area contributed by atoms with Crippen LogP contribution in [-0.2, 0) is 25.5 Å². The SMILES string of the molecule is CCOC(=O)Cc1csc(NC(=O)COC(=O)c2cnc(C)cn2)n1. The lowest BCUT2D eigenvalue weighted by Gasteiger charge is -2.04. The molecule has 2 aromatic heterocycles. The van der Waals surface area contributed by atoms with Crippen molar-refractivity contribution in [1.29, 1.82) is 0 Å². The fraction of sp³-hybridized carbons (Fsp3) is 0.333. The third kappa shape index (κ3) is 5.92. The smallest absolute Gasteiger partial charge is 0.359 e. The van der Waals surface area contributed by atoms with E-state index >= 15 is 0 Å². The van der Waals surface area contributed by atoms with E-state index in [0.29, 0.717) is 23.1 Å². The van der Waals surface area contributed by atoms with Crippen molar-refractivity contribution in [1.82, 2.24) is 15.0 Å². The second-order valence-electron chi connectivity index (χ2n) is 4.79. The monoisotopic (exact) mass is 364 g/mol. The van der Waals surface area contributed by atoms with Gasteiger partial charge in [0.05, 0.1) is 30.6 Å². The van der Waals surface area contributed by atoms with Crippen LogP contribution in [0.2, 0.25) is 0 Å². The molecule has 0 bridgehead atoms. The predicted octanol–water partition coefficient (Wildman–Crippen LogP) is 1.14. The number of hydrogen-bond donors (Lipinski definition) is 1. The number of anilines is 1. The van der Waals surface area contributed by atoms with E-state index in [2.05, 4.69) is 20.3 Å². The number of aromatic nitrogens is 3. The Morgan fingerprint density at radius 1 is 1.20 bits per heavy atom. The van der Waals surface area contributed by atoms with Crippen LogP contribution in [0.1, 0.15) is 28.8 Å². The number of amides is 1. The zero-order valence-electron chi connectivity index (χ0n) is 13.6. The number of hydrogen-bond acceptors (Lipinski definition) is 9. The summed E-state index contributed by atoms with van der Waals surface area (Å²) in [5.74, 6) is -1.69. The number of nitrogens with one attached hydrogen (secondary N) is 1. The van der Waals surface area contributed by atoms with Crippen molar-refractivity contribution in [2.24, 2.45) is 0 Å². The lowest BCUT2D eigenvalue weighted by Crippen LogP contribution is -2.21. The Bertz CT molecular complexity index is 760. The molecule has 0 saturated heterocycles. The minimum atomic E-state index is -0.746. The molecule has 0 aliphatic rings. The van der Waals surface area contributed by atoms with Gasteiger partial charge >= 0.3 is 11.9 Å². The normalized spacial score (nSPS) is 10.2. The zero-order chi connectivity index (χ0) is 18.2. The molecule has 0 aliphatic carbocycles. The standard InChI is InChI=1S/C15H16N4O5S/c1-3-23-13(21)4-10-8-25-15(18-10)19-12(20)7-24-14(22)11-6-16-9(2)5-17-11/h5-6,8H,3-4,7H2,1-2H3,(H,18,19,20). The van der Waals surface area contributed by atoms with Crippen molar-refractivity contribution in [2.45, 2.75) is 20.3 Å². The summed E-state index contributed by atoms with van der Waals surface area (Å²) < 4.78 is 9.67. The van der Waals surface area contributed by atoms with Gasteiger partial charge in [-0.3, -0.25) is 19.9 Å². The Morgan fingerprint density at radius 3 is 2.68 bits per heavy atom. The first-order chi connectivity index (χ1) is 12.0. The van der Waals surface area contributed by atoms with Gasteiger partial charge in [0.2, 0.25) is 0 Å². The molecule has 0 radical (unpaired) electrons. The van der Waals surface area contributed by atoms with Crippen LogP contribution in [0.5, 0.6) is 0 Å². The first kappa shape index (κ1) is 18.5. The van der Waals surface area contributed by atoms with Gasteiger partial charge in [-0.05, 0) is 13.8 Å². The van der Waals surface area contributed by atoms with Crippen LogP contribution < -0.4 is 5.32 Å². The first-order valence-corrected chi connectivity index (χ1v) is 8.21. The molecule has 9 nitrogen and oxygen atoms in total. The Labute approximate surface area is 147 Å². The van der Waals surface area contributed by atoms with Gasteiger partial charge in [-0.25, -0.2) is 14.8 Å². The zero-order valence-corrected chi connectivity index (χ0v) is 14.5. The van der Waals surface area contributed by atoms with Gasteiger partial charge < -0.3 is 9.47 Å². The molecule has 2 aromatic rings. The maximum absolute atomic E-state index is 11.8. The minimum Gasteiger partial charge on any atom is -0.466 e. The van der Waals surface area contributed by atoms with Crippen molar-refractivity contribution in [3.63, 3.8) is 0 Å². The number of ether oxygens (including phenoxy) is 2. The summed E-state index contributed by atoms with van der Waals surface area (Å²) in [4.78, 5) is 46.8.